The first-order valence-corrected chi connectivity index (χ1v) is 10.8. The number of halogens is 1. The van der Waals surface area contributed by atoms with E-state index in [2.05, 4.69) is 25.1 Å². The van der Waals surface area contributed by atoms with Crippen LogP contribution in [-0.2, 0) is 11.2 Å². The first kappa shape index (κ1) is 18.0. The second-order valence-corrected chi connectivity index (χ2v) is 9.02. The summed E-state index contributed by atoms with van der Waals surface area (Å²) in [5.74, 6) is 1.53. The molecule has 0 aliphatic heterocycles. The molecule has 0 saturated heterocycles. The Bertz CT molecular complexity index is 965. The SMILES string of the molecule is CCc1ccc(-c2ccc(Cl)cc2)cc1C1=C(O)[C@H]2C3CCC(CC3)[C@H]2C1=O. The van der Waals surface area contributed by atoms with Crippen LogP contribution in [0.2, 0.25) is 5.02 Å². The first-order chi connectivity index (χ1) is 13.6. The highest BCUT2D eigenvalue weighted by Crippen LogP contribution is 2.57. The van der Waals surface area contributed by atoms with E-state index in [0.717, 1.165) is 54.4 Å². The fraction of sp³-hybridized carbons (Fsp3) is 0.400. The molecule has 144 valence electrons. The highest BCUT2D eigenvalue weighted by atomic mass is 35.5. The number of Topliss-reactive ketones (excluding diaryl/α,β-unsaturated/α-hetero) is 1. The van der Waals surface area contributed by atoms with Gasteiger partial charge >= 0.3 is 0 Å². The van der Waals surface area contributed by atoms with Crippen molar-refractivity contribution in [3.63, 3.8) is 0 Å². The van der Waals surface area contributed by atoms with E-state index in [4.69, 9.17) is 11.6 Å². The molecule has 28 heavy (non-hydrogen) atoms. The predicted molar refractivity (Wildman–Crippen MR) is 113 cm³/mol. The molecule has 4 aliphatic carbocycles. The molecule has 0 unspecified atom stereocenters. The van der Waals surface area contributed by atoms with Gasteiger partial charge in [0.1, 0.15) is 5.76 Å². The lowest BCUT2D eigenvalue weighted by molar-refractivity contribution is -0.123. The van der Waals surface area contributed by atoms with Gasteiger partial charge in [-0.25, -0.2) is 0 Å². The van der Waals surface area contributed by atoms with Gasteiger partial charge in [0.05, 0.1) is 5.57 Å². The van der Waals surface area contributed by atoms with Crippen LogP contribution in [0.15, 0.2) is 48.2 Å². The minimum atomic E-state index is 0.00592. The minimum absolute atomic E-state index is 0.00592. The number of fused-ring (bicyclic) bond motifs is 2. The van der Waals surface area contributed by atoms with E-state index in [-0.39, 0.29) is 17.6 Å². The Hall–Kier alpha value is -2.06. The van der Waals surface area contributed by atoms with Crippen molar-refractivity contribution < 1.29 is 9.90 Å². The highest BCUT2D eigenvalue weighted by molar-refractivity contribution is 6.30. The molecule has 0 radical (unpaired) electrons. The van der Waals surface area contributed by atoms with Crippen molar-refractivity contribution >= 4 is 23.0 Å². The monoisotopic (exact) mass is 392 g/mol. The van der Waals surface area contributed by atoms with E-state index in [1.54, 1.807) is 0 Å². The largest absolute Gasteiger partial charge is 0.511 e. The third kappa shape index (κ3) is 2.65. The second kappa shape index (κ2) is 6.77. The Morgan fingerprint density at radius 1 is 0.929 bits per heavy atom. The van der Waals surface area contributed by atoms with Gasteiger partial charge in [-0.2, -0.15) is 0 Å². The maximum absolute atomic E-state index is 13.5. The van der Waals surface area contributed by atoms with Crippen LogP contribution in [0, 0.1) is 23.7 Å². The van der Waals surface area contributed by atoms with Crippen LogP contribution in [0.4, 0.5) is 0 Å². The van der Waals surface area contributed by atoms with Crippen LogP contribution in [0.25, 0.3) is 16.7 Å². The van der Waals surface area contributed by atoms with Crippen LogP contribution in [0.5, 0.6) is 0 Å². The van der Waals surface area contributed by atoms with Gasteiger partial charge in [0.25, 0.3) is 0 Å². The average Bonchev–Trinajstić information content (AvgIpc) is 3.01. The van der Waals surface area contributed by atoms with Crippen LogP contribution in [0.1, 0.15) is 43.7 Å². The van der Waals surface area contributed by atoms with Crippen molar-refractivity contribution in [2.75, 3.05) is 0 Å². The number of benzene rings is 2. The Labute approximate surface area is 171 Å². The zero-order valence-electron chi connectivity index (χ0n) is 16.1. The number of aliphatic hydroxyl groups excluding tert-OH is 1. The Morgan fingerprint density at radius 3 is 2.14 bits per heavy atom. The molecule has 2 aromatic carbocycles. The lowest BCUT2D eigenvalue weighted by atomic mass is 9.59. The third-order valence-electron chi connectivity index (χ3n) is 7.28. The summed E-state index contributed by atoms with van der Waals surface area (Å²) < 4.78 is 0. The Kier molecular flexibility index (Phi) is 4.35. The van der Waals surface area contributed by atoms with Crippen molar-refractivity contribution in [3.05, 3.63) is 64.4 Å². The topological polar surface area (TPSA) is 37.3 Å². The summed E-state index contributed by atoms with van der Waals surface area (Å²) in [7, 11) is 0. The summed E-state index contributed by atoms with van der Waals surface area (Å²) in [6.07, 6.45) is 5.43. The number of rotatable bonds is 3. The predicted octanol–water partition coefficient (Wildman–Crippen LogP) is 6.47. The van der Waals surface area contributed by atoms with Crippen LogP contribution < -0.4 is 0 Å². The number of aryl methyl sites for hydroxylation is 1. The summed E-state index contributed by atoms with van der Waals surface area (Å²) >= 11 is 6.04. The molecule has 0 spiro atoms. The van der Waals surface area contributed by atoms with Gasteiger partial charge in [0.2, 0.25) is 0 Å². The van der Waals surface area contributed by atoms with E-state index in [9.17, 15) is 9.90 Å². The summed E-state index contributed by atoms with van der Waals surface area (Å²) in [5, 5.41) is 11.9. The molecule has 2 atom stereocenters. The normalized spacial score (nSPS) is 28.7. The molecule has 2 bridgehead atoms. The fourth-order valence-electron chi connectivity index (χ4n) is 5.89. The van der Waals surface area contributed by atoms with Crippen molar-refractivity contribution in [1.29, 1.82) is 0 Å². The Balaban J connectivity index is 1.63. The van der Waals surface area contributed by atoms with E-state index in [1.807, 2.05) is 24.3 Å². The van der Waals surface area contributed by atoms with Crippen molar-refractivity contribution in [2.45, 2.75) is 39.0 Å². The molecular weight excluding hydrogens is 368 g/mol. The van der Waals surface area contributed by atoms with E-state index >= 15 is 0 Å². The molecule has 0 aromatic heterocycles. The molecule has 1 N–H and O–H groups in total. The Morgan fingerprint density at radius 2 is 1.54 bits per heavy atom. The smallest absolute Gasteiger partial charge is 0.170 e. The lowest BCUT2D eigenvalue weighted by Crippen LogP contribution is -2.41. The van der Waals surface area contributed by atoms with Gasteiger partial charge in [-0.15, -0.1) is 0 Å². The van der Waals surface area contributed by atoms with Gasteiger partial charge in [-0.05, 0) is 84.4 Å². The van der Waals surface area contributed by atoms with Gasteiger partial charge < -0.3 is 5.11 Å². The van der Waals surface area contributed by atoms with Crippen LogP contribution in [-0.4, -0.2) is 10.9 Å². The maximum atomic E-state index is 13.5. The molecule has 0 heterocycles. The minimum Gasteiger partial charge on any atom is -0.511 e. The van der Waals surface area contributed by atoms with E-state index in [1.165, 1.54) is 0 Å². The third-order valence-corrected chi connectivity index (χ3v) is 7.53. The lowest BCUT2D eigenvalue weighted by Gasteiger charge is -2.44. The molecule has 0 amide bonds. The van der Waals surface area contributed by atoms with Crippen LogP contribution in [0.3, 0.4) is 0 Å². The highest BCUT2D eigenvalue weighted by Gasteiger charge is 2.54. The summed E-state index contributed by atoms with van der Waals surface area (Å²) in [6, 6.07) is 14.0. The van der Waals surface area contributed by atoms with Gasteiger partial charge in [-0.1, -0.05) is 42.8 Å². The number of allylic oxidation sites excluding steroid dienone is 2. The number of aliphatic hydroxyl groups is 1. The summed E-state index contributed by atoms with van der Waals surface area (Å²) in [6.45, 7) is 2.11. The molecule has 2 nitrogen and oxygen atoms in total. The van der Waals surface area contributed by atoms with E-state index < -0.39 is 0 Å². The molecule has 4 aliphatic rings. The number of ketones is 1. The number of hydrogen-bond donors (Lipinski definition) is 1. The number of carbonyl (C=O) groups is 1. The molecule has 3 saturated carbocycles. The molecule has 6 rings (SSSR count). The average molecular weight is 393 g/mol. The summed E-state index contributed by atoms with van der Waals surface area (Å²) in [4.78, 5) is 13.5. The molecule has 2 aromatic rings. The van der Waals surface area contributed by atoms with Crippen molar-refractivity contribution in [1.82, 2.24) is 0 Å². The maximum Gasteiger partial charge on any atom is 0.170 e. The standard InChI is InChI=1S/C25H25ClO2/c1-2-14-3-8-18(15-9-11-19(26)12-10-15)13-20(14)23-24(27)21-16-4-5-17(7-6-16)22(21)25(23)28/h3,8-13,16-17,21-22,27H,2,4-7H2,1H3/t16?,17?,21-,22+/m0/s1. The number of carbonyl (C=O) groups excluding carboxylic acids is 1. The second-order valence-electron chi connectivity index (χ2n) is 8.58. The van der Waals surface area contributed by atoms with Gasteiger partial charge in [0, 0.05) is 16.9 Å². The molecular formula is C25H25ClO2. The van der Waals surface area contributed by atoms with Gasteiger partial charge in [-0.3, -0.25) is 4.79 Å². The quantitative estimate of drug-likeness (QED) is 0.649. The van der Waals surface area contributed by atoms with Crippen LogP contribution >= 0.6 is 11.6 Å². The van der Waals surface area contributed by atoms with Crippen molar-refractivity contribution in [2.24, 2.45) is 23.7 Å². The van der Waals surface area contributed by atoms with Crippen molar-refractivity contribution in [3.8, 4) is 11.1 Å². The molecule has 3 heteroatoms. The first-order valence-electron chi connectivity index (χ1n) is 10.4. The van der Waals surface area contributed by atoms with E-state index in [0.29, 0.717) is 28.2 Å². The van der Waals surface area contributed by atoms with Gasteiger partial charge in [0.15, 0.2) is 5.78 Å². The zero-order chi connectivity index (χ0) is 19.4. The summed E-state index contributed by atoms with van der Waals surface area (Å²) in [5.41, 5.74) is 4.76. The molecule has 3 fully saturated rings. The fourth-order valence-corrected chi connectivity index (χ4v) is 6.02. The zero-order valence-corrected chi connectivity index (χ0v) is 16.9. The number of hydrogen-bond acceptors (Lipinski definition) is 2.